The standard InChI is InChI=1S/C21H24N4O3/c22-20(26)16-28-19-6-3-17(4-7-19)5-8-21(27)25-12-10-24(11-13-25)15-18-2-1-9-23-14-18/h1-9,14H,10-13,15-16H2,(H2,22,26)/b8-5+. The van der Waals surface area contributed by atoms with Crippen molar-refractivity contribution in [2.24, 2.45) is 5.73 Å². The van der Waals surface area contributed by atoms with Gasteiger partial charge in [-0.1, -0.05) is 18.2 Å². The number of carbonyl (C=O) groups is 2. The molecular weight excluding hydrogens is 356 g/mol. The summed E-state index contributed by atoms with van der Waals surface area (Å²) in [5, 5.41) is 0. The minimum Gasteiger partial charge on any atom is -0.484 e. The summed E-state index contributed by atoms with van der Waals surface area (Å²) in [6.45, 7) is 3.82. The van der Waals surface area contributed by atoms with Gasteiger partial charge in [-0.2, -0.15) is 0 Å². The Labute approximate surface area is 164 Å². The Bertz CT molecular complexity index is 813. The first-order chi connectivity index (χ1) is 13.6. The molecule has 0 atom stereocenters. The van der Waals surface area contributed by atoms with Gasteiger partial charge in [0.1, 0.15) is 5.75 Å². The molecule has 7 nitrogen and oxygen atoms in total. The van der Waals surface area contributed by atoms with Crippen LogP contribution in [0.3, 0.4) is 0 Å². The number of pyridine rings is 1. The maximum absolute atomic E-state index is 12.4. The Kier molecular flexibility index (Phi) is 6.75. The normalized spacial score (nSPS) is 14.9. The van der Waals surface area contributed by atoms with Gasteiger partial charge >= 0.3 is 0 Å². The SMILES string of the molecule is NC(=O)COc1ccc(/C=C/C(=O)N2CCN(Cc3cccnc3)CC2)cc1. The Morgan fingerprint density at radius 1 is 1.11 bits per heavy atom. The molecule has 2 heterocycles. The summed E-state index contributed by atoms with van der Waals surface area (Å²) >= 11 is 0. The summed E-state index contributed by atoms with van der Waals surface area (Å²) in [4.78, 5) is 31.5. The van der Waals surface area contributed by atoms with Gasteiger partial charge in [0.25, 0.3) is 5.91 Å². The van der Waals surface area contributed by atoms with Gasteiger partial charge < -0.3 is 15.4 Å². The molecule has 146 valence electrons. The van der Waals surface area contributed by atoms with Gasteiger partial charge in [-0.25, -0.2) is 0 Å². The van der Waals surface area contributed by atoms with Crippen LogP contribution in [0.15, 0.2) is 54.9 Å². The monoisotopic (exact) mass is 380 g/mol. The molecule has 0 unspecified atom stereocenters. The summed E-state index contributed by atoms with van der Waals surface area (Å²) in [6.07, 6.45) is 7.02. The minimum atomic E-state index is -0.518. The number of nitrogens with zero attached hydrogens (tertiary/aromatic N) is 3. The van der Waals surface area contributed by atoms with Crippen LogP contribution in [-0.4, -0.2) is 59.4 Å². The molecular formula is C21H24N4O3. The van der Waals surface area contributed by atoms with Crippen molar-refractivity contribution >= 4 is 17.9 Å². The van der Waals surface area contributed by atoms with Crippen LogP contribution < -0.4 is 10.5 Å². The first-order valence-corrected chi connectivity index (χ1v) is 9.19. The van der Waals surface area contributed by atoms with Crippen molar-refractivity contribution in [2.75, 3.05) is 32.8 Å². The predicted octanol–water partition coefficient (Wildman–Crippen LogP) is 1.30. The number of aromatic nitrogens is 1. The van der Waals surface area contributed by atoms with Gasteiger partial charge in [0.2, 0.25) is 5.91 Å². The van der Waals surface area contributed by atoms with Crippen molar-refractivity contribution in [1.82, 2.24) is 14.8 Å². The van der Waals surface area contributed by atoms with E-state index in [-0.39, 0.29) is 12.5 Å². The van der Waals surface area contributed by atoms with Crippen LogP contribution in [-0.2, 0) is 16.1 Å². The highest BCUT2D eigenvalue weighted by atomic mass is 16.5. The molecule has 1 saturated heterocycles. The molecule has 1 aromatic heterocycles. The van der Waals surface area contributed by atoms with Crippen LogP contribution in [0.5, 0.6) is 5.75 Å². The van der Waals surface area contributed by atoms with E-state index in [0.717, 1.165) is 25.2 Å². The molecule has 0 saturated carbocycles. The third kappa shape index (κ3) is 5.92. The van der Waals surface area contributed by atoms with Crippen molar-refractivity contribution in [1.29, 1.82) is 0 Å². The second-order valence-corrected chi connectivity index (χ2v) is 6.62. The van der Waals surface area contributed by atoms with Crippen LogP contribution in [0.25, 0.3) is 6.08 Å². The second-order valence-electron chi connectivity index (χ2n) is 6.62. The molecule has 1 aliphatic heterocycles. The predicted molar refractivity (Wildman–Crippen MR) is 106 cm³/mol. The number of benzene rings is 1. The van der Waals surface area contributed by atoms with Gasteiger partial charge in [0.05, 0.1) is 0 Å². The number of carbonyl (C=O) groups excluding carboxylic acids is 2. The van der Waals surface area contributed by atoms with Crippen LogP contribution in [0.1, 0.15) is 11.1 Å². The van der Waals surface area contributed by atoms with Gasteiger partial charge in [0, 0.05) is 51.2 Å². The number of hydrogen-bond acceptors (Lipinski definition) is 5. The van der Waals surface area contributed by atoms with E-state index in [1.54, 1.807) is 30.5 Å². The molecule has 28 heavy (non-hydrogen) atoms. The highest BCUT2D eigenvalue weighted by Gasteiger charge is 2.19. The van der Waals surface area contributed by atoms with E-state index in [2.05, 4.69) is 16.0 Å². The molecule has 0 aliphatic carbocycles. The zero-order chi connectivity index (χ0) is 19.8. The summed E-state index contributed by atoms with van der Waals surface area (Å²) in [6, 6.07) is 11.1. The summed E-state index contributed by atoms with van der Waals surface area (Å²) < 4.78 is 5.21. The lowest BCUT2D eigenvalue weighted by Gasteiger charge is -2.34. The van der Waals surface area contributed by atoms with Crippen molar-refractivity contribution in [3.05, 3.63) is 66.0 Å². The maximum atomic E-state index is 12.4. The second kappa shape index (κ2) is 9.66. The lowest BCUT2D eigenvalue weighted by molar-refractivity contribution is -0.127. The van der Waals surface area contributed by atoms with Gasteiger partial charge in [0.15, 0.2) is 6.61 Å². The van der Waals surface area contributed by atoms with Crippen molar-refractivity contribution in [3.8, 4) is 5.75 Å². The number of primary amides is 1. The summed E-state index contributed by atoms with van der Waals surface area (Å²) in [5.74, 6) is 0.0530. The molecule has 2 amide bonds. The molecule has 0 spiro atoms. The van der Waals surface area contributed by atoms with E-state index >= 15 is 0 Å². The third-order valence-corrected chi connectivity index (χ3v) is 4.49. The number of nitrogens with two attached hydrogens (primary N) is 1. The first-order valence-electron chi connectivity index (χ1n) is 9.19. The molecule has 1 fully saturated rings. The fourth-order valence-corrected chi connectivity index (χ4v) is 2.98. The number of rotatable bonds is 7. The quantitative estimate of drug-likeness (QED) is 0.732. The number of hydrogen-bond donors (Lipinski definition) is 1. The lowest BCUT2D eigenvalue weighted by Crippen LogP contribution is -2.47. The van der Waals surface area contributed by atoms with Gasteiger partial charge in [-0.15, -0.1) is 0 Å². The molecule has 1 aliphatic rings. The van der Waals surface area contributed by atoms with E-state index in [1.165, 1.54) is 5.56 Å². The van der Waals surface area contributed by atoms with E-state index in [4.69, 9.17) is 10.5 Å². The highest BCUT2D eigenvalue weighted by molar-refractivity contribution is 5.91. The number of amides is 2. The molecule has 2 aromatic rings. The summed E-state index contributed by atoms with van der Waals surface area (Å²) in [5.41, 5.74) is 7.12. The van der Waals surface area contributed by atoms with Crippen LogP contribution in [0, 0.1) is 0 Å². The van der Waals surface area contributed by atoms with E-state index in [1.807, 2.05) is 29.3 Å². The third-order valence-electron chi connectivity index (χ3n) is 4.49. The average Bonchev–Trinajstić information content (AvgIpc) is 2.72. The zero-order valence-corrected chi connectivity index (χ0v) is 15.7. The van der Waals surface area contributed by atoms with Crippen LogP contribution in [0.4, 0.5) is 0 Å². The fourth-order valence-electron chi connectivity index (χ4n) is 2.98. The summed E-state index contributed by atoms with van der Waals surface area (Å²) in [7, 11) is 0. The maximum Gasteiger partial charge on any atom is 0.255 e. The van der Waals surface area contributed by atoms with Crippen LogP contribution >= 0.6 is 0 Å². The average molecular weight is 380 g/mol. The van der Waals surface area contributed by atoms with Gasteiger partial charge in [-0.05, 0) is 35.4 Å². The highest BCUT2D eigenvalue weighted by Crippen LogP contribution is 2.14. The Balaban J connectivity index is 1.45. The molecule has 2 N–H and O–H groups in total. The molecule has 1 aromatic carbocycles. The largest absolute Gasteiger partial charge is 0.484 e. The Morgan fingerprint density at radius 3 is 2.50 bits per heavy atom. The van der Waals surface area contributed by atoms with Gasteiger partial charge in [-0.3, -0.25) is 19.5 Å². The topological polar surface area (TPSA) is 88.8 Å². The molecule has 7 heteroatoms. The molecule has 0 radical (unpaired) electrons. The van der Waals surface area contributed by atoms with Crippen molar-refractivity contribution < 1.29 is 14.3 Å². The molecule has 3 rings (SSSR count). The Hall–Kier alpha value is -3.19. The van der Waals surface area contributed by atoms with Crippen LogP contribution in [0.2, 0.25) is 0 Å². The minimum absolute atomic E-state index is 0.00934. The first kappa shape index (κ1) is 19.6. The zero-order valence-electron chi connectivity index (χ0n) is 15.7. The lowest BCUT2D eigenvalue weighted by atomic mass is 10.2. The number of piperazine rings is 1. The van der Waals surface area contributed by atoms with Crippen molar-refractivity contribution in [3.63, 3.8) is 0 Å². The molecule has 0 bridgehead atoms. The van der Waals surface area contributed by atoms with E-state index in [0.29, 0.717) is 18.8 Å². The van der Waals surface area contributed by atoms with Crippen molar-refractivity contribution in [2.45, 2.75) is 6.54 Å². The van der Waals surface area contributed by atoms with E-state index in [9.17, 15) is 9.59 Å². The smallest absolute Gasteiger partial charge is 0.255 e. The Morgan fingerprint density at radius 2 is 1.86 bits per heavy atom. The van der Waals surface area contributed by atoms with E-state index < -0.39 is 5.91 Å². The fraction of sp³-hybridized carbons (Fsp3) is 0.286. The number of ether oxygens (including phenoxy) is 1.